The summed E-state index contributed by atoms with van der Waals surface area (Å²) in [5, 5.41) is 6.09. The van der Waals surface area contributed by atoms with E-state index in [4.69, 9.17) is 0 Å². The predicted molar refractivity (Wildman–Crippen MR) is 120 cm³/mol. The molecule has 0 radical (unpaired) electrons. The molecule has 9 nitrogen and oxygen atoms in total. The lowest BCUT2D eigenvalue weighted by molar-refractivity contribution is -0.123. The maximum atomic E-state index is 12.9. The Morgan fingerprint density at radius 3 is 2.48 bits per heavy atom. The number of nitrogens with zero attached hydrogens (tertiary/aromatic N) is 2. The highest BCUT2D eigenvalue weighted by molar-refractivity contribution is 7.92. The van der Waals surface area contributed by atoms with Gasteiger partial charge in [0.2, 0.25) is 11.8 Å². The van der Waals surface area contributed by atoms with Crippen LogP contribution in [0, 0.1) is 0 Å². The molecule has 31 heavy (non-hydrogen) atoms. The van der Waals surface area contributed by atoms with Gasteiger partial charge in [0, 0.05) is 13.1 Å². The Morgan fingerprint density at radius 2 is 1.71 bits per heavy atom. The van der Waals surface area contributed by atoms with Crippen LogP contribution >= 0.6 is 11.3 Å². The first kappa shape index (κ1) is 19.8. The van der Waals surface area contributed by atoms with E-state index in [1.54, 1.807) is 29.5 Å². The zero-order chi connectivity index (χ0) is 21.6. The van der Waals surface area contributed by atoms with Crippen molar-refractivity contribution in [3.8, 4) is 0 Å². The minimum absolute atomic E-state index is 0.0233. The topological polar surface area (TPSA) is 120 Å². The van der Waals surface area contributed by atoms with E-state index >= 15 is 0 Å². The lowest BCUT2D eigenvalue weighted by Gasteiger charge is -2.12. The zero-order valence-electron chi connectivity index (χ0n) is 16.3. The van der Waals surface area contributed by atoms with Crippen molar-refractivity contribution < 1.29 is 18.0 Å². The Balaban J connectivity index is 1.42. The van der Waals surface area contributed by atoms with Crippen LogP contribution in [0.25, 0.3) is 10.2 Å². The first-order valence-electron chi connectivity index (χ1n) is 9.79. The molecule has 1 aromatic heterocycles. The molecule has 1 fully saturated rings. The van der Waals surface area contributed by atoms with Crippen molar-refractivity contribution in [2.45, 2.75) is 24.2 Å². The molecule has 3 heterocycles. The van der Waals surface area contributed by atoms with E-state index in [2.05, 4.69) is 25.2 Å². The monoisotopic (exact) mass is 457 g/mol. The number of fused-ring (bicyclic) bond motifs is 2. The summed E-state index contributed by atoms with van der Waals surface area (Å²) in [6.07, 6.45) is 2.00. The molecule has 0 bridgehead atoms. The number of amides is 2. The maximum Gasteiger partial charge on any atom is 0.261 e. The number of thiazole rings is 1. The maximum absolute atomic E-state index is 12.9. The average Bonchev–Trinajstić information content (AvgIpc) is 3.35. The Bertz CT molecular complexity index is 1310. The summed E-state index contributed by atoms with van der Waals surface area (Å²) in [5.74, 6) is -0.945. The average molecular weight is 458 g/mol. The summed E-state index contributed by atoms with van der Waals surface area (Å²) in [4.78, 5) is 30.3. The Hall–Kier alpha value is -3.18. The molecule has 5 rings (SSSR count). The van der Waals surface area contributed by atoms with Gasteiger partial charge in [-0.05, 0) is 49.2 Å². The number of sulfonamides is 1. The van der Waals surface area contributed by atoms with Crippen LogP contribution in [0.2, 0.25) is 0 Å². The SMILES string of the molecule is O=C1CC(=O)Nc2cc(S(=O)(=O)Nc3ccc4nc(N5CCCC5)sc4c3)ccc2N1. The minimum Gasteiger partial charge on any atom is -0.348 e. The molecule has 0 unspecified atom stereocenters. The summed E-state index contributed by atoms with van der Waals surface area (Å²) in [7, 11) is -3.91. The second-order valence-corrected chi connectivity index (χ2v) is 10.2. The fourth-order valence-electron chi connectivity index (χ4n) is 3.67. The van der Waals surface area contributed by atoms with Crippen molar-refractivity contribution in [2.75, 3.05) is 33.3 Å². The van der Waals surface area contributed by atoms with Crippen molar-refractivity contribution in [3.63, 3.8) is 0 Å². The van der Waals surface area contributed by atoms with Crippen LogP contribution in [0.4, 0.5) is 22.2 Å². The first-order chi connectivity index (χ1) is 14.9. The molecule has 2 aromatic carbocycles. The summed E-state index contributed by atoms with van der Waals surface area (Å²) >= 11 is 1.54. The standard InChI is InChI=1S/C20H19N5O4S2/c26-18-11-19(27)22-16-10-13(4-6-14(16)21-18)31(28,29)24-12-3-5-15-17(9-12)30-20(23-15)25-7-1-2-8-25/h3-6,9-10,24H,1-2,7-8,11H2,(H,21,26)(H,22,27). The molecule has 3 aromatic rings. The quantitative estimate of drug-likeness (QED) is 0.518. The van der Waals surface area contributed by atoms with E-state index in [1.165, 1.54) is 18.2 Å². The van der Waals surface area contributed by atoms with E-state index in [1.807, 2.05) is 0 Å². The first-order valence-corrected chi connectivity index (χ1v) is 12.1. The van der Waals surface area contributed by atoms with Crippen LogP contribution in [-0.2, 0) is 19.6 Å². The molecule has 0 atom stereocenters. The third-order valence-electron chi connectivity index (χ3n) is 5.18. The highest BCUT2D eigenvalue weighted by Crippen LogP contribution is 2.33. The van der Waals surface area contributed by atoms with E-state index in [0.29, 0.717) is 11.4 Å². The van der Waals surface area contributed by atoms with Crippen LogP contribution in [0.15, 0.2) is 41.3 Å². The number of hydrogen-bond donors (Lipinski definition) is 3. The molecule has 0 spiro atoms. The third kappa shape index (κ3) is 3.93. The van der Waals surface area contributed by atoms with Crippen LogP contribution < -0.4 is 20.3 Å². The lowest BCUT2D eigenvalue weighted by Crippen LogP contribution is -2.16. The molecule has 1 saturated heterocycles. The highest BCUT2D eigenvalue weighted by atomic mass is 32.2. The largest absolute Gasteiger partial charge is 0.348 e. The van der Waals surface area contributed by atoms with Crippen LogP contribution in [-0.4, -0.2) is 38.3 Å². The molecule has 0 aliphatic carbocycles. The molecule has 0 saturated carbocycles. The van der Waals surface area contributed by atoms with Crippen molar-refractivity contribution in [1.82, 2.24) is 4.98 Å². The number of hydrogen-bond acceptors (Lipinski definition) is 7. The molecule has 3 N–H and O–H groups in total. The van der Waals surface area contributed by atoms with Gasteiger partial charge < -0.3 is 15.5 Å². The van der Waals surface area contributed by atoms with Crippen molar-refractivity contribution in [3.05, 3.63) is 36.4 Å². The van der Waals surface area contributed by atoms with Crippen LogP contribution in [0.5, 0.6) is 0 Å². The van der Waals surface area contributed by atoms with Crippen LogP contribution in [0.1, 0.15) is 19.3 Å². The summed E-state index contributed by atoms with van der Waals surface area (Å²) in [5.41, 5.74) is 1.86. The Morgan fingerprint density at radius 1 is 0.968 bits per heavy atom. The second kappa shape index (κ2) is 7.50. The molecule has 2 aliphatic heterocycles. The van der Waals surface area contributed by atoms with Gasteiger partial charge in [-0.1, -0.05) is 11.3 Å². The summed E-state index contributed by atoms with van der Waals surface area (Å²) < 4.78 is 29.4. The molecule has 160 valence electrons. The van der Waals surface area contributed by atoms with Crippen LogP contribution in [0.3, 0.4) is 0 Å². The van der Waals surface area contributed by atoms with Gasteiger partial charge >= 0.3 is 0 Å². The fourth-order valence-corrected chi connectivity index (χ4v) is 5.80. The number of carbonyl (C=O) groups is 2. The van der Waals surface area contributed by atoms with E-state index in [9.17, 15) is 18.0 Å². The van der Waals surface area contributed by atoms with Gasteiger partial charge in [-0.25, -0.2) is 13.4 Å². The van der Waals surface area contributed by atoms with E-state index < -0.39 is 21.8 Å². The molecule has 2 aliphatic rings. The number of nitrogens with one attached hydrogen (secondary N) is 3. The van der Waals surface area contributed by atoms with E-state index in [-0.39, 0.29) is 17.0 Å². The normalized spacial score (nSPS) is 16.6. The van der Waals surface area contributed by atoms with Gasteiger partial charge in [-0.15, -0.1) is 0 Å². The van der Waals surface area contributed by atoms with Gasteiger partial charge in [0.1, 0.15) is 6.42 Å². The highest BCUT2D eigenvalue weighted by Gasteiger charge is 2.22. The number of carbonyl (C=O) groups excluding carboxylic acids is 2. The van der Waals surface area contributed by atoms with Gasteiger partial charge in [-0.2, -0.15) is 0 Å². The number of anilines is 4. The minimum atomic E-state index is -3.91. The molecular formula is C20H19N5O4S2. The Kier molecular flexibility index (Phi) is 4.78. The molecule has 11 heteroatoms. The van der Waals surface area contributed by atoms with E-state index in [0.717, 1.165) is 41.3 Å². The predicted octanol–water partition coefficient (Wildman–Crippen LogP) is 2.98. The van der Waals surface area contributed by atoms with Gasteiger partial charge in [-0.3, -0.25) is 14.3 Å². The van der Waals surface area contributed by atoms with Gasteiger partial charge in [0.15, 0.2) is 5.13 Å². The van der Waals surface area contributed by atoms with Crippen molar-refractivity contribution in [2.24, 2.45) is 0 Å². The number of aromatic nitrogens is 1. The zero-order valence-corrected chi connectivity index (χ0v) is 18.0. The van der Waals surface area contributed by atoms with Gasteiger partial charge in [0.25, 0.3) is 10.0 Å². The number of benzene rings is 2. The van der Waals surface area contributed by atoms with Crippen molar-refractivity contribution >= 4 is 65.6 Å². The summed E-state index contributed by atoms with van der Waals surface area (Å²) in [6, 6.07) is 9.43. The Labute approximate surface area is 182 Å². The summed E-state index contributed by atoms with van der Waals surface area (Å²) in [6.45, 7) is 1.99. The third-order valence-corrected chi connectivity index (χ3v) is 7.63. The lowest BCUT2D eigenvalue weighted by atomic mass is 10.2. The fraction of sp³-hybridized carbons (Fsp3) is 0.250. The van der Waals surface area contributed by atoms with Crippen molar-refractivity contribution in [1.29, 1.82) is 0 Å². The number of rotatable bonds is 4. The van der Waals surface area contributed by atoms with Gasteiger partial charge in [0.05, 0.1) is 32.2 Å². The molecule has 2 amide bonds. The smallest absolute Gasteiger partial charge is 0.261 e. The second-order valence-electron chi connectivity index (χ2n) is 7.46. The molecular weight excluding hydrogens is 438 g/mol.